The van der Waals surface area contributed by atoms with E-state index in [0.717, 1.165) is 0 Å². The van der Waals surface area contributed by atoms with E-state index >= 15 is 0 Å². The highest BCUT2D eigenvalue weighted by molar-refractivity contribution is 5.94. The third-order valence-corrected chi connectivity index (χ3v) is 17.0. The molecular formula is C92H108. The molecule has 3 aliphatic carbocycles. The molecule has 0 unspecified atom stereocenters. The summed E-state index contributed by atoms with van der Waals surface area (Å²) in [4.78, 5) is 0. The fourth-order valence-corrected chi connectivity index (χ4v) is 13.0. The first kappa shape index (κ1) is 72.5. The molecule has 476 valence electrons. The fourth-order valence-electron chi connectivity index (χ4n) is 13.0. The van der Waals surface area contributed by atoms with Crippen molar-refractivity contribution in [2.45, 2.75) is 174 Å². The molecule has 12 aromatic carbocycles. The quantitative estimate of drug-likeness (QED) is 0.165. The van der Waals surface area contributed by atoms with Crippen molar-refractivity contribution in [2.24, 2.45) is 0 Å². The predicted molar refractivity (Wildman–Crippen MR) is 414 cm³/mol. The molecule has 0 heterocycles. The van der Waals surface area contributed by atoms with Gasteiger partial charge in [-0.15, -0.1) is 0 Å². The Balaban J connectivity index is 0.000000195. The molecule has 15 rings (SSSR count). The second-order valence-electron chi connectivity index (χ2n) is 24.6. The molecule has 3 aliphatic rings. The molecule has 0 N–H and O–H groups in total. The van der Waals surface area contributed by atoms with Gasteiger partial charge in [0.2, 0.25) is 0 Å². The van der Waals surface area contributed by atoms with Crippen molar-refractivity contribution in [3.63, 3.8) is 0 Å². The van der Waals surface area contributed by atoms with Gasteiger partial charge in [-0.2, -0.15) is 0 Å². The zero-order valence-electron chi connectivity index (χ0n) is 59.9. The van der Waals surface area contributed by atoms with Gasteiger partial charge in [0.05, 0.1) is 0 Å². The molecular weight excluding hydrogens is 1110 g/mol. The van der Waals surface area contributed by atoms with Crippen LogP contribution >= 0.6 is 0 Å². The van der Waals surface area contributed by atoms with Crippen LogP contribution in [0.15, 0.2) is 255 Å². The largest absolute Gasteiger partial charge is 0.0683 e. The van der Waals surface area contributed by atoms with Crippen molar-refractivity contribution < 1.29 is 0 Å². The van der Waals surface area contributed by atoms with Gasteiger partial charge in [-0.25, -0.2) is 0 Å². The van der Waals surface area contributed by atoms with Gasteiger partial charge < -0.3 is 0 Å². The maximum absolute atomic E-state index is 2.39. The predicted octanol–water partition coefficient (Wildman–Crippen LogP) is 28.8. The summed E-state index contributed by atoms with van der Waals surface area (Å²) in [6.07, 6.45) is 3.75. The minimum Gasteiger partial charge on any atom is -0.0683 e. The summed E-state index contributed by atoms with van der Waals surface area (Å²) >= 11 is 0. The summed E-state index contributed by atoms with van der Waals surface area (Å²) in [7, 11) is 0. The van der Waals surface area contributed by atoms with Crippen LogP contribution in [0, 0.1) is 0 Å². The van der Waals surface area contributed by atoms with Crippen LogP contribution in [0.1, 0.15) is 191 Å². The maximum atomic E-state index is 2.39. The van der Waals surface area contributed by atoms with Crippen LogP contribution in [0.4, 0.5) is 0 Å². The molecule has 0 fully saturated rings. The third kappa shape index (κ3) is 15.5. The fraction of sp³-hybridized carbons (Fsp3) is 0.283. The number of fused-ring (bicyclic) bond motifs is 12. The monoisotopic (exact) mass is 1210 g/mol. The van der Waals surface area contributed by atoms with Gasteiger partial charge in [-0.3, -0.25) is 0 Å². The van der Waals surface area contributed by atoms with E-state index in [-0.39, 0.29) is 16.2 Å². The molecule has 92 heavy (non-hydrogen) atoms. The second-order valence-corrected chi connectivity index (χ2v) is 24.6. The Morgan fingerprint density at radius 1 is 0.196 bits per heavy atom. The lowest BCUT2D eigenvalue weighted by Crippen LogP contribution is -2.16. The maximum Gasteiger partial charge on any atom is 0.0165 e. The first-order valence-corrected chi connectivity index (χ1v) is 34.9. The molecule has 0 nitrogen and oxygen atoms in total. The Morgan fingerprint density at radius 3 is 0.924 bits per heavy atom. The molecule has 0 amide bonds. The Labute approximate surface area is 557 Å². The Kier molecular flexibility index (Phi) is 26.9. The minimum atomic E-state index is 0.0220. The zero-order chi connectivity index (χ0) is 67.2. The van der Waals surface area contributed by atoms with E-state index in [1.165, 1.54) is 152 Å². The summed E-state index contributed by atoms with van der Waals surface area (Å²) in [6, 6.07) is 93.1. The average molecular weight is 1210 g/mol. The number of benzene rings is 12. The van der Waals surface area contributed by atoms with Crippen molar-refractivity contribution in [1.29, 1.82) is 0 Å². The van der Waals surface area contributed by atoms with Gasteiger partial charge in [0.25, 0.3) is 0 Å². The van der Waals surface area contributed by atoms with Crippen LogP contribution in [-0.4, -0.2) is 0 Å². The topological polar surface area (TPSA) is 0 Å². The van der Waals surface area contributed by atoms with Crippen molar-refractivity contribution in [1.82, 2.24) is 0 Å². The zero-order valence-corrected chi connectivity index (χ0v) is 59.9. The van der Waals surface area contributed by atoms with Gasteiger partial charge in [0, 0.05) is 16.2 Å². The van der Waals surface area contributed by atoms with Crippen molar-refractivity contribution in [2.75, 3.05) is 0 Å². The summed E-state index contributed by atoms with van der Waals surface area (Å²) in [6.45, 7) is 42.8. The van der Waals surface area contributed by atoms with Crippen molar-refractivity contribution in [3.8, 4) is 66.8 Å². The smallest absolute Gasteiger partial charge is 0.0165 e. The standard InChI is InChI=1S/3C25H20.3C3H8.4C2H6/c1-25(2)23-13-6-5-10-21(23)22-12-7-11-20(24(22)25)19-15-14-17-8-3-4-9-18(17)16-19;1-25(2)23-10-6-5-9-21(23)22-16-20(13-14-24(22)25)19-12-11-17-7-3-4-8-18(17)15-19;1-25(2)23-10-6-5-9-21(23)22-14-13-20(16-24(22)25)19-12-11-17-7-3-4-8-18(17)15-19;3*1-3-2;4*1-2/h3*3-16H,1-2H3;3*3H2,1-2H3;4*1-2H3. The normalized spacial score (nSPS) is 12.5. The summed E-state index contributed by atoms with van der Waals surface area (Å²) in [5.74, 6) is 0. The molecule has 0 saturated heterocycles. The lowest BCUT2D eigenvalue weighted by atomic mass is 9.78. The van der Waals surface area contributed by atoms with E-state index in [0.29, 0.717) is 0 Å². The molecule has 0 aliphatic heterocycles. The summed E-state index contributed by atoms with van der Waals surface area (Å²) in [5, 5.41) is 7.76. The molecule has 0 aromatic heterocycles. The van der Waals surface area contributed by atoms with Gasteiger partial charge in [-0.05, 0) is 163 Å². The molecule has 0 saturated carbocycles. The minimum absolute atomic E-state index is 0.0220. The highest BCUT2D eigenvalue weighted by Gasteiger charge is 2.38. The highest BCUT2D eigenvalue weighted by atomic mass is 14.4. The molecule has 0 spiro atoms. The summed E-state index contributed by atoms with van der Waals surface area (Å²) < 4.78 is 0. The van der Waals surface area contributed by atoms with Crippen LogP contribution in [0.25, 0.3) is 99.1 Å². The number of hydrogen-bond donors (Lipinski definition) is 0. The van der Waals surface area contributed by atoms with E-state index < -0.39 is 0 Å². The SMILES string of the molecule is CC.CC.CC.CC.CC1(C)c2ccccc2-c2cc(-c3ccc4ccccc4c3)ccc21.CC1(C)c2ccccc2-c2ccc(-c3ccc4ccccc4c3)cc21.CC1(C)c2ccccc2-c2cccc(-c3ccc4ccccc4c3)c21.CCC.CCC.CCC. The molecule has 0 bridgehead atoms. The average Bonchev–Trinajstić information content (AvgIpc) is 1.59. The molecule has 0 heteroatoms. The number of rotatable bonds is 3. The molecule has 0 radical (unpaired) electrons. The lowest BCUT2D eigenvalue weighted by molar-refractivity contribution is 0.660. The van der Waals surface area contributed by atoms with Crippen LogP contribution in [0.3, 0.4) is 0 Å². The highest BCUT2D eigenvalue weighted by Crippen LogP contribution is 2.53. The Bertz CT molecular complexity index is 4260. The molecule has 0 atom stereocenters. The van der Waals surface area contributed by atoms with Gasteiger partial charge in [0.15, 0.2) is 0 Å². The lowest BCUT2D eigenvalue weighted by Gasteiger charge is -2.24. The van der Waals surface area contributed by atoms with Crippen LogP contribution in [-0.2, 0) is 16.2 Å². The van der Waals surface area contributed by atoms with E-state index in [1.807, 2.05) is 55.4 Å². The van der Waals surface area contributed by atoms with Crippen molar-refractivity contribution >= 4 is 32.3 Å². The first-order chi connectivity index (χ1) is 44.7. The van der Waals surface area contributed by atoms with E-state index in [9.17, 15) is 0 Å². The molecule has 12 aromatic rings. The first-order valence-electron chi connectivity index (χ1n) is 34.9. The third-order valence-electron chi connectivity index (χ3n) is 17.0. The van der Waals surface area contributed by atoms with Crippen molar-refractivity contribution in [3.05, 3.63) is 288 Å². The van der Waals surface area contributed by atoms with Crippen LogP contribution in [0.2, 0.25) is 0 Å². The van der Waals surface area contributed by atoms with Gasteiger partial charge >= 0.3 is 0 Å². The van der Waals surface area contributed by atoms with Gasteiger partial charge in [-0.1, -0.05) is 382 Å². The van der Waals surface area contributed by atoms with Crippen LogP contribution in [0.5, 0.6) is 0 Å². The van der Waals surface area contributed by atoms with E-state index in [1.54, 1.807) is 0 Å². The second kappa shape index (κ2) is 34.2. The van der Waals surface area contributed by atoms with Gasteiger partial charge in [0.1, 0.15) is 0 Å². The summed E-state index contributed by atoms with van der Waals surface area (Å²) in [5.41, 5.74) is 24.8. The van der Waals surface area contributed by atoms with Crippen LogP contribution < -0.4 is 0 Å². The Hall–Kier alpha value is -8.58. The Morgan fingerprint density at radius 2 is 0.467 bits per heavy atom. The van der Waals surface area contributed by atoms with E-state index in [4.69, 9.17) is 0 Å². The van der Waals surface area contributed by atoms with E-state index in [2.05, 4.69) is 338 Å². The number of hydrogen-bond acceptors (Lipinski definition) is 0.